The molecule has 1 atom stereocenters. The number of hydrogen-bond donors (Lipinski definition) is 0. The number of rotatable bonds is 4. The molecule has 0 aliphatic heterocycles. The van der Waals surface area contributed by atoms with Crippen LogP contribution >= 0.6 is 0 Å². The van der Waals surface area contributed by atoms with Crippen molar-refractivity contribution in [3.8, 4) is 67.5 Å². The second-order valence-corrected chi connectivity index (χ2v) is 14.7. The second-order valence-electron chi connectivity index (χ2n) is 14.7. The quantitative estimate of drug-likeness (QED) is 0.182. The number of aromatic nitrogens is 3. The third-order valence-electron chi connectivity index (χ3n) is 11.7. The summed E-state index contributed by atoms with van der Waals surface area (Å²) in [6, 6.07) is 66.7. The van der Waals surface area contributed by atoms with Gasteiger partial charge in [0.25, 0.3) is 0 Å². The summed E-state index contributed by atoms with van der Waals surface area (Å²) in [5, 5.41) is 2.29. The first-order chi connectivity index (χ1) is 27.8. The zero-order chi connectivity index (χ0) is 36.8. The summed E-state index contributed by atoms with van der Waals surface area (Å²) in [6.45, 7) is 0. The Hall–Kier alpha value is -7.43. The van der Waals surface area contributed by atoms with Crippen LogP contribution in [-0.2, 0) is 5.41 Å². The number of para-hydroxylation sites is 1. The summed E-state index contributed by atoms with van der Waals surface area (Å²) in [4.78, 5) is 15.0. The molecule has 1 spiro atoms. The van der Waals surface area contributed by atoms with Gasteiger partial charge in [-0.3, -0.25) is 0 Å². The van der Waals surface area contributed by atoms with Crippen molar-refractivity contribution in [3.05, 3.63) is 210 Å². The molecule has 2 aliphatic carbocycles. The molecule has 56 heavy (non-hydrogen) atoms. The van der Waals surface area contributed by atoms with Crippen molar-refractivity contribution in [1.82, 2.24) is 15.0 Å². The highest BCUT2D eigenvalue weighted by Gasteiger charge is 2.52. The second kappa shape index (κ2) is 11.8. The molecular formula is C52H31N3O. The van der Waals surface area contributed by atoms with E-state index in [9.17, 15) is 0 Å². The van der Waals surface area contributed by atoms with Gasteiger partial charge in [-0.2, -0.15) is 0 Å². The fourth-order valence-corrected chi connectivity index (χ4v) is 9.36. The summed E-state index contributed by atoms with van der Waals surface area (Å²) >= 11 is 0. The third kappa shape index (κ3) is 4.32. The summed E-state index contributed by atoms with van der Waals surface area (Å²) in [5.41, 5.74) is 16.5. The lowest BCUT2D eigenvalue weighted by atomic mass is 9.70. The molecule has 0 fully saturated rings. The maximum absolute atomic E-state index is 6.74. The zero-order valence-electron chi connectivity index (χ0n) is 30.1. The standard InChI is InChI=1S/C52H31N3O/c1-3-14-32(15-4-1)49-53-50(33-16-5-2-6-17-33)55-51(54-49)36-19-13-18-34(30-36)35-26-27-38-37-20-7-10-23-42(37)52(45(38)31-35)43-24-11-8-22-41(43)47-44(52)29-28-40-39-21-9-12-25-46(39)56-48(40)47/h1-31H. The van der Waals surface area contributed by atoms with E-state index < -0.39 is 5.41 Å². The van der Waals surface area contributed by atoms with Crippen molar-refractivity contribution in [2.75, 3.05) is 0 Å². The SMILES string of the molecule is c1ccc(-c2nc(-c3ccccc3)nc(-c3cccc(-c4ccc5c(c4)C4(c6ccccc6-5)c5ccccc5-c5c4ccc4c5oc5ccccc54)c3)n2)cc1. The van der Waals surface area contributed by atoms with Crippen LogP contribution < -0.4 is 0 Å². The molecule has 4 heteroatoms. The summed E-state index contributed by atoms with van der Waals surface area (Å²) in [5.74, 6) is 1.93. The van der Waals surface area contributed by atoms with Gasteiger partial charge >= 0.3 is 0 Å². The highest BCUT2D eigenvalue weighted by atomic mass is 16.3. The molecule has 0 N–H and O–H groups in total. The zero-order valence-corrected chi connectivity index (χ0v) is 30.1. The molecule has 0 saturated heterocycles. The molecule has 2 aliphatic rings. The van der Waals surface area contributed by atoms with Gasteiger partial charge in [0.05, 0.1) is 5.41 Å². The van der Waals surface area contributed by atoms with E-state index in [1.807, 2.05) is 66.7 Å². The Morgan fingerprint density at radius 1 is 0.339 bits per heavy atom. The first kappa shape index (κ1) is 31.0. The Morgan fingerprint density at radius 3 is 1.64 bits per heavy atom. The highest BCUT2D eigenvalue weighted by Crippen LogP contribution is 2.64. The van der Waals surface area contributed by atoms with Crippen LogP contribution in [-0.4, -0.2) is 15.0 Å². The van der Waals surface area contributed by atoms with Gasteiger partial charge in [-0.05, 0) is 68.3 Å². The monoisotopic (exact) mass is 713 g/mol. The van der Waals surface area contributed by atoms with Gasteiger partial charge in [0.15, 0.2) is 17.5 Å². The Morgan fingerprint density at radius 2 is 0.893 bits per heavy atom. The third-order valence-corrected chi connectivity index (χ3v) is 11.7. The van der Waals surface area contributed by atoms with Crippen molar-refractivity contribution in [1.29, 1.82) is 0 Å². The van der Waals surface area contributed by atoms with Crippen molar-refractivity contribution >= 4 is 21.9 Å². The van der Waals surface area contributed by atoms with Crippen molar-refractivity contribution in [2.24, 2.45) is 0 Å². The molecule has 0 radical (unpaired) electrons. The molecule has 1 unspecified atom stereocenters. The van der Waals surface area contributed by atoms with E-state index in [1.54, 1.807) is 0 Å². The largest absolute Gasteiger partial charge is 0.455 e. The lowest BCUT2D eigenvalue weighted by molar-refractivity contribution is 0.669. The van der Waals surface area contributed by atoms with Crippen LogP contribution in [0.25, 0.3) is 89.5 Å². The van der Waals surface area contributed by atoms with Crippen LogP contribution in [0, 0.1) is 0 Å². The minimum absolute atomic E-state index is 0.512. The summed E-state index contributed by atoms with van der Waals surface area (Å²) in [6.07, 6.45) is 0. The highest BCUT2D eigenvalue weighted by molar-refractivity contribution is 6.13. The van der Waals surface area contributed by atoms with E-state index in [1.165, 1.54) is 44.5 Å². The Labute approximate surface area is 323 Å². The van der Waals surface area contributed by atoms with E-state index in [4.69, 9.17) is 19.4 Å². The molecule has 8 aromatic carbocycles. The van der Waals surface area contributed by atoms with Gasteiger partial charge in [-0.25, -0.2) is 15.0 Å². The van der Waals surface area contributed by atoms with Gasteiger partial charge in [-0.15, -0.1) is 0 Å². The van der Waals surface area contributed by atoms with Crippen LogP contribution in [0.15, 0.2) is 192 Å². The molecule has 12 rings (SSSR count). The van der Waals surface area contributed by atoms with Crippen molar-refractivity contribution < 1.29 is 4.42 Å². The molecule has 2 heterocycles. The van der Waals surface area contributed by atoms with E-state index in [0.717, 1.165) is 49.8 Å². The van der Waals surface area contributed by atoms with Crippen molar-refractivity contribution in [2.45, 2.75) is 5.41 Å². The van der Waals surface area contributed by atoms with Gasteiger partial charge in [0.1, 0.15) is 11.2 Å². The predicted octanol–water partition coefficient (Wildman–Crippen LogP) is 12.8. The van der Waals surface area contributed by atoms with E-state index in [0.29, 0.717) is 17.5 Å². The topological polar surface area (TPSA) is 51.8 Å². The van der Waals surface area contributed by atoms with Gasteiger partial charge in [0, 0.05) is 33.0 Å². The maximum atomic E-state index is 6.74. The number of fused-ring (bicyclic) bond motifs is 14. The average molecular weight is 714 g/mol. The van der Waals surface area contributed by atoms with Gasteiger partial charge in [0.2, 0.25) is 0 Å². The van der Waals surface area contributed by atoms with Crippen LogP contribution in [0.4, 0.5) is 0 Å². The van der Waals surface area contributed by atoms with E-state index in [-0.39, 0.29) is 0 Å². The van der Waals surface area contributed by atoms with E-state index in [2.05, 4.69) is 121 Å². The Balaban J connectivity index is 1.06. The van der Waals surface area contributed by atoms with Crippen LogP contribution in [0.5, 0.6) is 0 Å². The fourth-order valence-electron chi connectivity index (χ4n) is 9.36. The summed E-state index contributed by atoms with van der Waals surface area (Å²) < 4.78 is 6.74. The molecule has 0 amide bonds. The Kier molecular flexibility index (Phi) is 6.52. The molecule has 0 saturated carbocycles. The predicted molar refractivity (Wildman–Crippen MR) is 225 cm³/mol. The number of benzene rings is 8. The maximum Gasteiger partial charge on any atom is 0.164 e. The van der Waals surface area contributed by atoms with Crippen LogP contribution in [0.1, 0.15) is 22.3 Å². The molecule has 0 bridgehead atoms. The van der Waals surface area contributed by atoms with Crippen molar-refractivity contribution in [3.63, 3.8) is 0 Å². The molecule has 2 aromatic heterocycles. The number of furan rings is 1. The van der Waals surface area contributed by atoms with Crippen LogP contribution in [0.3, 0.4) is 0 Å². The smallest absolute Gasteiger partial charge is 0.164 e. The minimum Gasteiger partial charge on any atom is -0.455 e. The first-order valence-electron chi connectivity index (χ1n) is 19.0. The lowest BCUT2D eigenvalue weighted by Gasteiger charge is -2.30. The Bertz CT molecular complexity index is 3140. The lowest BCUT2D eigenvalue weighted by Crippen LogP contribution is -2.25. The number of nitrogens with zero attached hydrogens (tertiary/aromatic N) is 3. The molecule has 4 nitrogen and oxygen atoms in total. The van der Waals surface area contributed by atoms with Gasteiger partial charge in [-0.1, -0.05) is 170 Å². The molecular weight excluding hydrogens is 683 g/mol. The van der Waals surface area contributed by atoms with Crippen LogP contribution in [0.2, 0.25) is 0 Å². The average Bonchev–Trinajstić information content (AvgIpc) is 3.91. The molecule has 260 valence electrons. The fraction of sp³-hybridized carbons (Fsp3) is 0.0192. The molecule has 10 aromatic rings. The summed E-state index contributed by atoms with van der Waals surface area (Å²) in [7, 11) is 0. The normalized spacial score (nSPS) is 14.9. The van der Waals surface area contributed by atoms with E-state index >= 15 is 0 Å². The minimum atomic E-state index is -0.512. The first-order valence-corrected chi connectivity index (χ1v) is 19.0. The van der Waals surface area contributed by atoms with Gasteiger partial charge < -0.3 is 4.42 Å². The number of hydrogen-bond acceptors (Lipinski definition) is 4.